The molecule has 0 unspecified atom stereocenters. The quantitative estimate of drug-likeness (QED) is 0.718. The first-order chi connectivity index (χ1) is 6.97. The molecule has 0 aliphatic rings. The zero-order valence-corrected chi connectivity index (χ0v) is 9.64. The summed E-state index contributed by atoms with van der Waals surface area (Å²) in [6, 6.07) is 10.7. The van der Waals surface area contributed by atoms with Gasteiger partial charge in [0.2, 0.25) is 0 Å². The van der Waals surface area contributed by atoms with E-state index in [1.165, 1.54) is 6.07 Å². The number of rotatable bonds is 1. The standard InChI is InChI=1S/C11H9ClO2S/c1-8-2-3-9-4-5-11(15(12,13)14)7-10(9)6-8/h2-7H,1H3. The first-order valence-electron chi connectivity index (χ1n) is 4.42. The molecule has 0 atom stereocenters. The Bertz CT molecular complexity index is 618. The molecule has 0 N–H and O–H groups in total. The maximum atomic E-state index is 11.1. The molecule has 78 valence electrons. The van der Waals surface area contributed by atoms with Gasteiger partial charge in [0.15, 0.2) is 0 Å². The van der Waals surface area contributed by atoms with Crippen molar-refractivity contribution in [2.75, 3.05) is 0 Å². The lowest BCUT2D eigenvalue weighted by Crippen LogP contribution is -1.89. The average Bonchev–Trinajstić information content (AvgIpc) is 2.15. The first-order valence-corrected chi connectivity index (χ1v) is 6.73. The first kappa shape index (κ1) is 10.5. The van der Waals surface area contributed by atoms with Crippen LogP contribution >= 0.6 is 10.7 Å². The van der Waals surface area contributed by atoms with Crippen LogP contribution in [0.2, 0.25) is 0 Å². The number of halogens is 1. The van der Waals surface area contributed by atoms with Crippen LogP contribution in [0.15, 0.2) is 41.3 Å². The van der Waals surface area contributed by atoms with Crippen LogP contribution in [0, 0.1) is 6.92 Å². The van der Waals surface area contributed by atoms with Gasteiger partial charge >= 0.3 is 0 Å². The second-order valence-electron chi connectivity index (χ2n) is 3.45. The third-order valence-electron chi connectivity index (χ3n) is 2.25. The minimum absolute atomic E-state index is 0.141. The zero-order chi connectivity index (χ0) is 11.1. The van der Waals surface area contributed by atoms with Gasteiger partial charge in [0.05, 0.1) is 4.90 Å². The summed E-state index contributed by atoms with van der Waals surface area (Å²) in [6.45, 7) is 1.96. The Morgan fingerprint density at radius 3 is 2.33 bits per heavy atom. The Morgan fingerprint density at radius 1 is 1.00 bits per heavy atom. The summed E-state index contributed by atoms with van der Waals surface area (Å²) in [6.07, 6.45) is 0. The van der Waals surface area contributed by atoms with E-state index in [1.807, 2.05) is 25.1 Å². The Hall–Kier alpha value is -1.06. The highest BCUT2D eigenvalue weighted by molar-refractivity contribution is 8.13. The number of fused-ring (bicyclic) bond motifs is 1. The van der Waals surface area contributed by atoms with E-state index in [0.717, 1.165) is 16.3 Å². The van der Waals surface area contributed by atoms with E-state index in [0.29, 0.717) is 0 Å². The van der Waals surface area contributed by atoms with Gasteiger partial charge in [-0.25, -0.2) is 8.42 Å². The molecule has 0 aliphatic carbocycles. The summed E-state index contributed by atoms with van der Waals surface area (Å²) < 4.78 is 22.3. The van der Waals surface area contributed by atoms with Crippen LogP contribution in [0.3, 0.4) is 0 Å². The minimum atomic E-state index is -3.63. The predicted molar refractivity (Wildman–Crippen MR) is 61.7 cm³/mol. The van der Waals surface area contributed by atoms with Crippen molar-refractivity contribution in [1.82, 2.24) is 0 Å². The largest absolute Gasteiger partial charge is 0.261 e. The van der Waals surface area contributed by atoms with Gasteiger partial charge in [-0.15, -0.1) is 0 Å². The summed E-state index contributed by atoms with van der Waals surface area (Å²) in [7, 11) is 1.64. The molecule has 2 aromatic rings. The van der Waals surface area contributed by atoms with Crippen LogP contribution in [0.1, 0.15) is 5.56 Å². The van der Waals surface area contributed by atoms with Gasteiger partial charge in [0, 0.05) is 10.7 Å². The fourth-order valence-electron chi connectivity index (χ4n) is 1.50. The molecule has 0 saturated heterocycles. The van der Waals surface area contributed by atoms with Crippen LogP contribution in [-0.2, 0) is 9.05 Å². The maximum Gasteiger partial charge on any atom is 0.261 e. The van der Waals surface area contributed by atoms with Crippen LogP contribution in [0.4, 0.5) is 0 Å². The molecular weight excluding hydrogens is 232 g/mol. The lowest BCUT2D eigenvalue weighted by molar-refractivity contribution is 0.609. The summed E-state index contributed by atoms with van der Waals surface area (Å²) in [4.78, 5) is 0.141. The molecule has 0 saturated carbocycles. The molecular formula is C11H9ClO2S. The van der Waals surface area contributed by atoms with Crippen molar-refractivity contribution >= 4 is 30.5 Å². The van der Waals surface area contributed by atoms with E-state index in [4.69, 9.17) is 10.7 Å². The summed E-state index contributed by atoms with van der Waals surface area (Å²) in [5.41, 5.74) is 1.09. The van der Waals surface area contributed by atoms with Crippen molar-refractivity contribution in [2.24, 2.45) is 0 Å². The monoisotopic (exact) mass is 240 g/mol. The van der Waals surface area contributed by atoms with E-state index in [1.54, 1.807) is 12.1 Å². The Morgan fingerprint density at radius 2 is 1.67 bits per heavy atom. The fourth-order valence-corrected chi connectivity index (χ4v) is 2.28. The normalized spacial score (nSPS) is 11.9. The third-order valence-corrected chi connectivity index (χ3v) is 3.60. The molecule has 0 aromatic heterocycles. The van der Waals surface area contributed by atoms with E-state index in [-0.39, 0.29) is 4.90 Å². The van der Waals surface area contributed by atoms with Crippen LogP contribution in [-0.4, -0.2) is 8.42 Å². The van der Waals surface area contributed by atoms with E-state index in [9.17, 15) is 8.42 Å². The number of hydrogen-bond donors (Lipinski definition) is 0. The summed E-state index contributed by atoms with van der Waals surface area (Å²) in [5.74, 6) is 0. The highest BCUT2D eigenvalue weighted by atomic mass is 35.7. The Kier molecular flexibility index (Phi) is 2.44. The highest BCUT2D eigenvalue weighted by Gasteiger charge is 2.09. The lowest BCUT2D eigenvalue weighted by Gasteiger charge is -2.01. The molecule has 0 radical (unpaired) electrons. The van der Waals surface area contributed by atoms with Gasteiger partial charge in [-0.2, -0.15) is 0 Å². The smallest absolute Gasteiger partial charge is 0.207 e. The van der Waals surface area contributed by atoms with E-state index >= 15 is 0 Å². The van der Waals surface area contributed by atoms with Crippen LogP contribution in [0.5, 0.6) is 0 Å². The van der Waals surface area contributed by atoms with Gasteiger partial charge in [0.25, 0.3) is 9.05 Å². The molecule has 0 fully saturated rings. The second kappa shape index (κ2) is 3.51. The molecule has 0 heterocycles. The van der Waals surface area contributed by atoms with Crippen LogP contribution in [0.25, 0.3) is 10.8 Å². The second-order valence-corrected chi connectivity index (χ2v) is 6.02. The summed E-state index contributed by atoms with van der Waals surface area (Å²) in [5, 5.41) is 1.89. The van der Waals surface area contributed by atoms with E-state index < -0.39 is 9.05 Å². The fraction of sp³-hybridized carbons (Fsp3) is 0.0909. The SMILES string of the molecule is Cc1ccc2ccc(S(=O)(=O)Cl)cc2c1. The molecule has 2 aromatic carbocycles. The Labute approximate surface area is 92.9 Å². The van der Waals surface area contributed by atoms with Gasteiger partial charge in [-0.05, 0) is 29.8 Å². The zero-order valence-electron chi connectivity index (χ0n) is 8.07. The molecule has 15 heavy (non-hydrogen) atoms. The van der Waals surface area contributed by atoms with Gasteiger partial charge in [-0.3, -0.25) is 0 Å². The van der Waals surface area contributed by atoms with Gasteiger partial charge < -0.3 is 0 Å². The van der Waals surface area contributed by atoms with Crippen molar-refractivity contribution < 1.29 is 8.42 Å². The van der Waals surface area contributed by atoms with E-state index in [2.05, 4.69) is 0 Å². The van der Waals surface area contributed by atoms with Crippen molar-refractivity contribution in [3.63, 3.8) is 0 Å². The topological polar surface area (TPSA) is 34.1 Å². The minimum Gasteiger partial charge on any atom is -0.207 e. The molecule has 4 heteroatoms. The molecule has 0 bridgehead atoms. The van der Waals surface area contributed by atoms with Gasteiger partial charge in [0.1, 0.15) is 0 Å². The average molecular weight is 241 g/mol. The molecule has 2 rings (SSSR count). The molecule has 0 spiro atoms. The third kappa shape index (κ3) is 2.13. The highest BCUT2D eigenvalue weighted by Crippen LogP contribution is 2.22. The van der Waals surface area contributed by atoms with Crippen LogP contribution < -0.4 is 0 Å². The lowest BCUT2D eigenvalue weighted by atomic mass is 10.1. The molecule has 2 nitrogen and oxygen atoms in total. The molecule has 0 amide bonds. The van der Waals surface area contributed by atoms with Crippen molar-refractivity contribution in [3.05, 3.63) is 42.0 Å². The number of aryl methyl sites for hydroxylation is 1. The molecule has 0 aliphatic heterocycles. The Balaban J connectivity index is 2.75. The van der Waals surface area contributed by atoms with Gasteiger partial charge in [-0.1, -0.05) is 29.8 Å². The number of benzene rings is 2. The number of hydrogen-bond acceptors (Lipinski definition) is 2. The van der Waals surface area contributed by atoms with Crippen molar-refractivity contribution in [3.8, 4) is 0 Å². The predicted octanol–water partition coefficient (Wildman–Crippen LogP) is 3.08. The van der Waals surface area contributed by atoms with Crippen molar-refractivity contribution in [1.29, 1.82) is 0 Å². The van der Waals surface area contributed by atoms with Crippen molar-refractivity contribution in [2.45, 2.75) is 11.8 Å². The maximum absolute atomic E-state index is 11.1. The summed E-state index contributed by atoms with van der Waals surface area (Å²) >= 11 is 0.